The number of aliphatic hydroxyl groups is 1. The van der Waals surface area contributed by atoms with Crippen molar-refractivity contribution in [3.05, 3.63) is 29.3 Å². The molecule has 0 saturated carbocycles. The lowest BCUT2D eigenvalue weighted by molar-refractivity contribution is 0.135. The van der Waals surface area contributed by atoms with Gasteiger partial charge in [-0.15, -0.1) is 0 Å². The van der Waals surface area contributed by atoms with Gasteiger partial charge in [0.25, 0.3) is 0 Å². The summed E-state index contributed by atoms with van der Waals surface area (Å²) in [5.41, 5.74) is 1.46. The highest BCUT2D eigenvalue weighted by Gasteiger charge is 2.40. The molecule has 1 atom stereocenters. The van der Waals surface area contributed by atoms with Gasteiger partial charge in [-0.1, -0.05) is 11.6 Å². The smallest absolute Gasteiger partial charge is 0.155 e. The van der Waals surface area contributed by atoms with E-state index in [4.69, 9.17) is 4.74 Å². The predicted octanol–water partition coefficient (Wildman–Crippen LogP) is 2.25. The largest absolute Gasteiger partial charge is 0.493 e. The fourth-order valence-corrected chi connectivity index (χ4v) is 2.28. The van der Waals surface area contributed by atoms with Crippen LogP contribution >= 0.6 is 0 Å². The second-order valence-corrected chi connectivity index (χ2v) is 7.85. The van der Waals surface area contributed by atoms with Crippen LogP contribution in [0, 0.1) is 6.92 Å². The van der Waals surface area contributed by atoms with Crippen LogP contribution in [-0.2, 0) is 9.84 Å². The van der Waals surface area contributed by atoms with E-state index >= 15 is 0 Å². The summed E-state index contributed by atoms with van der Waals surface area (Å²) in [6, 6.07) is 5.40. The highest BCUT2D eigenvalue weighted by Crippen LogP contribution is 2.37. The van der Waals surface area contributed by atoms with E-state index in [2.05, 4.69) is 0 Å². The Kier molecular flexibility index (Phi) is 4.63. The highest BCUT2D eigenvalue weighted by molar-refractivity contribution is 7.92. The van der Waals surface area contributed by atoms with E-state index in [9.17, 15) is 13.5 Å². The van der Waals surface area contributed by atoms with Crippen molar-refractivity contribution in [3.8, 4) is 5.75 Å². The molecule has 1 unspecified atom stereocenters. The molecule has 108 valence electrons. The molecule has 1 rings (SSSR count). The van der Waals surface area contributed by atoms with Crippen LogP contribution in [0.2, 0.25) is 0 Å². The van der Waals surface area contributed by atoms with Gasteiger partial charge < -0.3 is 9.84 Å². The lowest BCUT2D eigenvalue weighted by Gasteiger charge is -2.30. The fourth-order valence-electron chi connectivity index (χ4n) is 1.75. The molecule has 1 aromatic carbocycles. The molecule has 0 aromatic heterocycles. The van der Waals surface area contributed by atoms with Crippen molar-refractivity contribution < 1.29 is 18.3 Å². The average Bonchev–Trinajstić information content (AvgIpc) is 2.29. The lowest BCUT2D eigenvalue weighted by Crippen LogP contribution is -2.38. The lowest BCUT2D eigenvalue weighted by atomic mass is 9.96. The Morgan fingerprint density at radius 1 is 1.37 bits per heavy atom. The van der Waals surface area contributed by atoms with E-state index < -0.39 is 20.7 Å². The van der Waals surface area contributed by atoms with Crippen LogP contribution in [0.25, 0.3) is 0 Å². The van der Waals surface area contributed by atoms with Crippen LogP contribution in [0.3, 0.4) is 0 Å². The van der Waals surface area contributed by atoms with Gasteiger partial charge in [0, 0.05) is 11.8 Å². The maximum Gasteiger partial charge on any atom is 0.155 e. The zero-order valence-electron chi connectivity index (χ0n) is 12.1. The van der Waals surface area contributed by atoms with Crippen molar-refractivity contribution in [3.63, 3.8) is 0 Å². The third-order valence-electron chi connectivity index (χ3n) is 3.37. The number of benzene rings is 1. The zero-order valence-corrected chi connectivity index (χ0v) is 12.9. The van der Waals surface area contributed by atoms with Crippen molar-refractivity contribution in [2.45, 2.75) is 38.5 Å². The Morgan fingerprint density at radius 2 is 1.95 bits per heavy atom. The summed E-state index contributed by atoms with van der Waals surface area (Å²) >= 11 is 0. The Hall–Kier alpha value is -1.07. The highest BCUT2D eigenvalue weighted by atomic mass is 32.2. The summed E-state index contributed by atoms with van der Waals surface area (Å²) in [5, 5.41) is 10.5. The zero-order chi connectivity index (χ0) is 14.8. The van der Waals surface area contributed by atoms with E-state index in [0.29, 0.717) is 17.9 Å². The molecular formula is C14H22O4S. The molecule has 5 heteroatoms. The van der Waals surface area contributed by atoms with Crippen molar-refractivity contribution in [2.24, 2.45) is 0 Å². The van der Waals surface area contributed by atoms with Crippen molar-refractivity contribution >= 4 is 9.84 Å². The van der Waals surface area contributed by atoms with Gasteiger partial charge in [-0.25, -0.2) is 8.42 Å². The molecule has 19 heavy (non-hydrogen) atoms. The molecule has 0 fully saturated rings. The van der Waals surface area contributed by atoms with Crippen LogP contribution in [0.1, 0.15) is 38.0 Å². The third kappa shape index (κ3) is 3.28. The van der Waals surface area contributed by atoms with E-state index in [1.165, 1.54) is 13.8 Å². The standard InChI is InChI=1S/C14H22O4S/c1-6-18-12-8-7-10(2)9-11(12)13(15)14(3,4)19(5,16)17/h7-9,13,15H,6H2,1-5H3. The normalized spacial score (nSPS) is 14.2. The molecule has 0 amide bonds. The molecule has 0 spiro atoms. The Balaban J connectivity index is 3.33. The molecule has 0 heterocycles. The molecule has 1 N–H and O–H groups in total. The number of hydrogen-bond donors (Lipinski definition) is 1. The Labute approximate surface area is 115 Å². The number of rotatable bonds is 5. The van der Waals surface area contributed by atoms with Crippen LogP contribution in [0.5, 0.6) is 5.75 Å². The summed E-state index contributed by atoms with van der Waals surface area (Å²) < 4.78 is 27.8. The average molecular weight is 286 g/mol. The Morgan fingerprint density at radius 3 is 2.42 bits per heavy atom. The van der Waals surface area contributed by atoms with Gasteiger partial charge in [0.2, 0.25) is 0 Å². The van der Waals surface area contributed by atoms with Gasteiger partial charge in [-0.2, -0.15) is 0 Å². The van der Waals surface area contributed by atoms with Gasteiger partial charge in [-0.3, -0.25) is 0 Å². The van der Waals surface area contributed by atoms with Crippen molar-refractivity contribution in [2.75, 3.05) is 12.9 Å². The van der Waals surface area contributed by atoms with Crippen LogP contribution in [-0.4, -0.2) is 31.1 Å². The summed E-state index contributed by atoms with van der Waals surface area (Å²) in [6.45, 7) is 7.23. The van der Waals surface area contributed by atoms with E-state index in [0.717, 1.165) is 11.8 Å². The van der Waals surface area contributed by atoms with Crippen molar-refractivity contribution in [1.82, 2.24) is 0 Å². The van der Waals surface area contributed by atoms with Gasteiger partial charge in [0.05, 0.1) is 11.4 Å². The van der Waals surface area contributed by atoms with E-state index in [1.807, 2.05) is 19.9 Å². The van der Waals surface area contributed by atoms with Crippen LogP contribution in [0.15, 0.2) is 18.2 Å². The summed E-state index contributed by atoms with van der Waals surface area (Å²) in [6.07, 6.45) is -0.00391. The minimum absolute atomic E-state index is 0.460. The van der Waals surface area contributed by atoms with Crippen molar-refractivity contribution in [1.29, 1.82) is 0 Å². The molecule has 0 radical (unpaired) electrons. The SMILES string of the molecule is CCOc1ccc(C)cc1C(O)C(C)(C)S(C)(=O)=O. The number of ether oxygens (including phenoxy) is 1. The minimum Gasteiger partial charge on any atom is -0.493 e. The first-order chi connectivity index (χ1) is 8.61. The van der Waals surface area contributed by atoms with Crippen LogP contribution in [0.4, 0.5) is 0 Å². The topological polar surface area (TPSA) is 63.6 Å². The van der Waals surface area contributed by atoms with Gasteiger partial charge in [0.1, 0.15) is 11.9 Å². The second-order valence-electron chi connectivity index (χ2n) is 5.25. The molecule has 0 aliphatic heterocycles. The molecule has 0 aliphatic rings. The third-order valence-corrected chi connectivity index (χ3v) is 5.51. The fraction of sp³-hybridized carbons (Fsp3) is 0.571. The van der Waals surface area contributed by atoms with Gasteiger partial charge in [-0.05, 0) is 39.8 Å². The predicted molar refractivity (Wildman–Crippen MR) is 76.2 cm³/mol. The number of hydrogen-bond acceptors (Lipinski definition) is 4. The monoisotopic (exact) mass is 286 g/mol. The van der Waals surface area contributed by atoms with Gasteiger partial charge in [0.15, 0.2) is 9.84 Å². The van der Waals surface area contributed by atoms with Crippen LogP contribution < -0.4 is 4.74 Å². The number of sulfone groups is 1. The first-order valence-corrected chi connectivity index (χ1v) is 8.11. The quantitative estimate of drug-likeness (QED) is 0.901. The summed E-state index contributed by atoms with van der Waals surface area (Å²) in [4.78, 5) is 0. The second kappa shape index (κ2) is 5.51. The molecule has 0 bridgehead atoms. The molecular weight excluding hydrogens is 264 g/mol. The maximum atomic E-state index is 11.8. The first-order valence-electron chi connectivity index (χ1n) is 6.22. The molecule has 1 aromatic rings. The first kappa shape index (κ1) is 16.0. The Bertz CT molecular complexity index is 547. The summed E-state index contributed by atoms with van der Waals surface area (Å²) in [7, 11) is -3.40. The molecule has 0 aliphatic carbocycles. The minimum atomic E-state index is -3.40. The number of aryl methyl sites for hydroxylation is 1. The summed E-state index contributed by atoms with van der Waals surface area (Å²) in [5.74, 6) is 0.525. The van der Waals surface area contributed by atoms with E-state index in [-0.39, 0.29) is 0 Å². The van der Waals surface area contributed by atoms with E-state index in [1.54, 1.807) is 12.1 Å². The molecule has 4 nitrogen and oxygen atoms in total. The molecule has 0 saturated heterocycles. The van der Waals surface area contributed by atoms with Gasteiger partial charge >= 0.3 is 0 Å². The maximum absolute atomic E-state index is 11.8. The number of aliphatic hydroxyl groups excluding tert-OH is 1.